The molecule has 1 amide bonds. The summed E-state index contributed by atoms with van der Waals surface area (Å²) in [5.41, 5.74) is 10.2. The number of fused-ring (bicyclic) bond motifs is 1. The normalized spacial score (nSPS) is 19.8. The lowest BCUT2D eigenvalue weighted by molar-refractivity contribution is 0.0989. The number of sulfonamides is 1. The van der Waals surface area contributed by atoms with Crippen LogP contribution in [0.5, 0.6) is 0 Å². The van der Waals surface area contributed by atoms with Crippen molar-refractivity contribution >= 4 is 33.4 Å². The van der Waals surface area contributed by atoms with E-state index in [1.807, 2.05) is 44.2 Å². The van der Waals surface area contributed by atoms with Crippen LogP contribution in [0.25, 0.3) is 0 Å². The number of nitrogens with zero attached hydrogens (tertiary/aromatic N) is 6. The summed E-state index contributed by atoms with van der Waals surface area (Å²) in [7, 11) is -3.68. The number of aryl methyl sites for hydroxylation is 2. The SMILES string of the molecule is Cc1cc(N2CC[C@H](N)C2)nc(N2CCN(S(=O)(=O)c3ccc4c(c3)CCN4C(=O)c3ccccc3C)CC2)n1. The predicted molar refractivity (Wildman–Crippen MR) is 156 cm³/mol. The molecule has 2 N–H and O–H groups in total. The Morgan fingerprint density at radius 3 is 2.42 bits per heavy atom. The summed E-state index contributed by atoms with van der Waals surface area (Å²) in [4.78, 5) is 28.9. The molecule has 2 saturated heterocycles. The zero-order valence-electron chi connectivity index (χ0n) is 23.0. The summed E-state index contributed by atoms with van der Waals surface area (Å²) in [6, 6.07) is 14.8. The van der Waals surface area contributed by atoms with Gasteiger partial charge >= 0.3 is 0 Å². The maximum atomic E-state index is 13.6. The van der Waals surface area contributed by atoms with Gasteiger partial charge in [-0.25, -0.2) is 13.4 Å². The molecular weight excluding hydrogens is 526 g/mol. The van der Waals surface area contributed by atoms with Gasteiger partial charge in [0.1, 0.15) is 5.82 Å². The zero-order chi connectivity index (χ0) is 28.0. The highest BCUT2D eigenvalue weighted by molar-refractivity contribution is 7.89. The lowest BCUT2D eigenvalue weighted by Crippen LogP contribution is -2.49. The highest BCUT2D eigenvalue weighted by Gasteiger charge is 2.33. The summed E-state index contributed by atoms with van der Waals surface area (Å²) >= 11 is 0. The minimum Gasteiger partial charge on any atom is -0.355 e. The van der Waals surface area contributed by atoms with E-state index in [0.717, 1.165) is 47.8 Å². The molecule has 2 aromatic carbocycles. The molecule has 0 bridgehead atoms. The number of aromatic nitrogens is 2. The third kappa shape index (κ3) is 4.93. The molecule has 40 heavy (non-hydrogen) atoms. The fraction of sp³-hybridized carbons (Fsp3) is 0.414. The van der Waals surface area contributed by atoms with Crippen LogP contribution in [0.15, 0.2) is 53.4 Å². The fourth-order valence-corrected chi connectivity index (χ4v) is 7.29. The summed E-state index contributed by atoms with van der Waals surface area (Å²) in [5, 5.41) is 0. The maximum Gasteiger partial charge on any atom is 0.258 e. The van der Waals surface area contributed by atoms with Gasteiger partial charge in [0.05, 0.1) is 4.90 Å². The van der Waals surface area contributed by atoms with E-state index in [1.54, 1.807) is 23.1 Å². The number of nitrogens with two attached hydrogens (primary N) is 1. The van der Waals surface area contributed by atoms with Gasteiger partial charge < -0.3 is 20.4 Å². The molecule has 3 aromatic rings. The van der Waals surface area contributed by atoms with Crippen molar-refractivity contribution in [2.24, 2.45) is 5.73 Å². The summed E-state index contributed by atoms with van der Waals surface area (Å²) in [5.74, 6) is 1.44. The van der Waals surface area contributed by atoms with Crippen molar-refractivity contribution in [3.05, 3.63) is 70.9 Å². The van der Waals surface area contributed by atoms with E-state index in [4.69, 9.17) is 10.7 Å². The highest BCUT2D eigenvalue weighted by Crippen LogP contribution is 2.33. The molecule has 11 heteroatoms. The summed E-state index contributed by atoms with van der Waals surface area (Å²) in [6.45, 7) is 7.77. The van der Waals surface area contributed by atoms with Crippen LogP contribution in [0, 0.1) is 13.8 Å². The van der Waals surface area contributed by atoms with E-state index in [-0.39, 0.29) is 16.8 Å². The average Bonchev–Trinajstić information content (AvgIpc) is 3.58. The summed E-state index contributed by atoms with van der Waals surface area (Å²) in [6.07, 6.45) is 1.57. The standard InChI is InChI=1S/C29H35N7O3S/c1-20-5-3-4-6-25(20)28(37)36-12-9-22-18-24(7-8-26(22)36)40(38,39)35-15-13-33(14-16-35)29-31-21(2)17-27(32-29)34-11-10-23(30)19-34/h3-8,17-18,23H,9-16,19,30H2,1-2H3/t23-/m0/s1. The van der Waals surface area contributed by atoms with Crippen molar-refractivity contribution in [2.45, 2.75) is 37.6 Å². The van der Waals surface area contributed by atoms with Gasteiger partial charge in [-0.1, -0.05) is 18.2 Å². The Morgan fingerprint density at radius 2 is 1.70 bits per heavy atom. The lowest BCUT2D eigenvalue weighted by atomic mass is 10.1. The Bertz CT molecular complexity index is 1550. The topological polar surface area (TPSA) is 116 Å². The van der Waals surface area contributed by atoms with Crippen molar-refractivity contribution in [3.63, 3.8) is 0 Å². The van der Waals surface area contributed by atoms with Crippen LogP contribution in [0.2, 0.25) is 0 Å². The second-order valence-corrected chi connectivity index (χ2v) is 12.8. The highest BCUT2D eigenvalue weighted by atomic mass is 32.2. The third-order valence-corrected chi connectivity index (χ3v) is 10.00. The van der Waals surface area contributed by atoms with E-state index in [1.165, 1.54) is 4.31 Å². The molecule has 210 valence electrons. The molecule has 1 atom stereocenters. The first-order valence-electron chi connectivity index (χ1n) is 13.8. The lowest BCUT2D eigenvalue weighted by Gasteiger charge is -2.34. The molecule has 3 aliphatic heterocycles. The van der Waals surface area contributed by atoms with Crippen LogP contribution in [0.4, 0.5) is 17.5 Å². The number of hydrogen-bond donors (Lipinski definition) is 1. The molecule has 0 saturated carbocycles. The molecule has 0 radical (unpaired) electrons. The molecule has 2 fully saturated rings. The van der Waals surface area contributed by atoms with Crippen molar-refractivity contribution in [2.75, 3.05) is 60.5 Å². The molecule has 0 spiro atoms. The number of benzene rings is 2. The Morgan fingerprint density at radius 1 is 0.925 bits per heavy atom. The van der Waals surface area contributed by atoms with Gasteiger partial charge in [0.25, 0.3) is 5.91 Å². The van der Waals surface area contributed by atoms with Gasteiger partial charge in [-0.15, -0.1) is 0 Å². The molecular formula is C29H35N7O3S. The number of piperazine rings is 1. The Balaban J connectivity index is 1.15. The maximum absolute atomic E-state index is 13.6. The molecule has 1 aromatic heterocycles. The quantitative estimate of drug-likeness (QED) is 0.505. The van der Waals surface area contributed by atoms with Gasteiger partial charge in [-0.3, -0.25) is 4.79 Å². The smallest absolute Gasteiger partial charge is 0.258 e. The van der Waals surface area contributed by atoms with E-state index in [0.29, 0.717) is 50.7 Å². The Hall–Kier alpha value is -3.54. The number of anilines is 3. The van der Waals surface area contributed by atoms with Gasteiger partial charge in [0.15, 0.2) is 0 Å². The second-order valence-electron chi connectivity index (χ2n) is 10.9. The van der Waals surface area contributed by atoms with E-state index in [2.05, 4.69) is 14.8 Å². The van der Waals surface area contributed by atoms with Crippen molar-refractivity contribution in [1.82, 2.24) is 14.3 Å². The largest absolute Gasteiger partial charge is 0.355 e. The van der Waals surface area contributed by atoms with E-state index >= 15 is 0 Å². The van der Waals surface area contributed by atoms with Crippen LogP contribution in [0.3, 0.4) is 0 Å². The summed E-state index contributed by atoms with van der Waals surface area (Å²) < 4.78 is 28.7. The first-order chi connectivity index (χ1) is 19.2. The van der Waals surface area contributed by atoms with Crippen molar-refractivity contribution in [1.29, 1.82) is 0 Å². The van der Waals surface area contributed by atoms with Crippen LogP contribution >= 0.6 is 0 Å². The Labute approximate surface area is 235 Å². The monoisotopic (exact) mass is 561 g/mol. The number of hydrogen-bond acceptors (Lipinski definition) is 8. The van der Waals surface area contributed by atoms with Crippen LogP contribution < -0.4 is 20.4 Å². The molecule has 6 rings (SSSR count). The van der Waals surface area contributed by atoms with Gasteiger partial charge in [-0.2, -0.15) is 9.29 Å². The van der Waals surface area contributed by atoms with Gasteiger partial charge in [-0.05, 0) is 62.1 Å². The van der Waals surface area contributed by atoms with Crippen LogP contribution in [-0.4, -0.2) is 80.5 Å². The van der Waals surface area contributed by atoms with E-state index < -0.39 is 10.0 Å². The second kappa shape index (κ2) is 10.5. The molecule has 0 aliphatic carbocycles. The zero-order valence-corrected chi connectivity index (χ0v) is 23.8. The minimum atomic E-state index is -3.68. The fourth-order valence-electron chi connectivity index (χ4n) is 5.82. The van der Waals surface area contributed by atoms with Crippen molar-refractivity contribution in [3.8, 4) is 0 Å². The molecule has 4 heterocycles. The first-order valence-corrected chi connectivity index (χ1v) is 15.3. The average molecular weight is 562 g/mol. The van der Waals surface area contributed by atoms with Gasteiger partial charge in [0, 0.05) is 74.9 Å². The molecule has 0 unspecified atom stereocenters. The number of carbonyl (C=O) groups excluding carboxylic acids is 1. The predicted octanol–water partition coefficient (Wildman–Crippen LogP) is 2.34. The number of carbonyl (C=O) groups is 1. The molecule has 3 aliphatic rings. The van der Waals surface area contributed by atoms with Crippen LogP contribution in [0.1, 0.15) is 33.6 Å². The molecule has 10 nitrogen and oxygen atoms in total. The first kappa shape index (κ1) is 26.7. The minimum absolute atomic E-state index is 0.0577. The van der Waals surface area contributed by atoms with E-state index in [9.17, 15) is 13.2 Å². The number of amides is 1. The third-order valence-electron chi connectivity index (χ3n) is 8.10. The van der Waals surface area contributed by atoms with Crippen LogP contribution in [-0.2, 0) is 16.4 Å². The number of rotatable bonds is 5. The van der Waals surface area contributed by atoms with Crippen molar-refractivity contribution < 1.29 is 13.2 Å². The Kier molecular flexibility index (Phi) is 6.97. The van der Waals surface area contributed by atoms with Gasteiger partial charge in [0.2, 0.25) is 16.0 Å².